The third kappa shape index (κ3) is 2.56. The third-order valence-corrected chi connectivity index (χ3v) is 6.88. The van der Waals surface area contributed by atoms with E-state index in [9.17, 15) is 4.79 Å². The van der Waals surface area contributed by atoms with Crippen LogP contribution in [0.1, 0.15) is 30.0 Å². The first-order valence-corrected chi connectivity index (χ1v) is 9.20. The lowest BCUT2D eigenvalue weighted by Gasteiger charge is -2.24. The number of carbonyl (C=O) groups is 1. The molecule has 0 spiro atoms. The van der Waals surface area contributed by atoms with Crippen LogP contribution in [0.25, 0.3) is 0 Å². The minimum absolute atomic E-state index is 0.0473. The highest BCUT2D eigenvalue weighted by molar-refractivity contribution is 7.66. The molecular formula is C18H17N2O3P. The van der Waals surface area contributed by atoms with E-state index in [4.69, 9.17) is 8.83 Å². The summed E-state index contributed by atoms with van der Waals surface area (Å²) in [7, 11) is -0.833. The Hall–Kier alpha value is -2.36. The molecule has 0 radical (unpaired) electrons. The molecule has 3 aromatic rings. The molecule has 1 aromatic carbocycles. The van der Waals surface area contributed by atoms with Gasteiger partial charge >= 0.3 is 0 Å². The van der Waals surface area contributed by atoms with Crippen LogP contribution in [0.4, 0.5) is 0 Å². The first-order chi connectivity index (χ1) is 11.8. The van der Waals surface area contributed by atoms with E-state index in [-0.39, 0.29) is 17.5 Å². The Balaban J connectivity index is 1.85. The zero-order valence-electron chi connectivity index (χ0n) is 13.1. The summed E-state index contributed by atoms with van der Waals surface area (Å²) in [6, 6.07) is 17.8. The van der Waals surface area contributed by atoms with Gasteiger partial charge in [0.2, 0.25) is 5.91 Å². The molecule has 3 atom stereocenters. The molecule has 1 amide bonds. The standard InChI is InChI=1S/C18H17N2O3P/c1-13(21)20-18(16-10-6-12-23-16)24(14-7-3-2-4-8-14)17(19-20)15-9-5-11-22-15/h2-12,17-19H,1H3. The van der Waals surface area contributed by atoms with Crippen molar-refractivity contribution in [2.75, 3.05) is 0 Å². The van der Waals surface area contributed by atoms with Gasteiger partial charge in [0.1, 0.15) is 23.1 Å². The van der Waals surface area contributed by atoms with Gasteiger partial charge in [-0.2, -0.15) is 0 Å². The molecule has 0 bridgehead atoms. The van der Waals surface area contributed by atoms with Crippen LogP contribution in [-0.4, -0.2) is 10.9 Å². The number of carbonyl (C=O) groups excluding carboxylic acids is 1. The van der Waals surface area contributed by atoms with Crippen molar-refractivity contribution in [1.82, 2.24) is 10.4 Å². The summed E-state index contributed by atoms with van der Waals surface area (Å²) in [5, 5.41) is 2.86. The lowest BCUT2D eigenvalue weighted by molar-refractivity contribution is -0.132. The van der Waals surface area contributed by atoms with Gasteiger partial charge in [0.25, 0.3) is 0 Å². The van der Waals surface area contributed by atoms with Gasteiger partial charge in [-0.15, -0.1) is 0 Å². The quantitative estimate of drug-likeness (QED) is 0.738. The van der Waals surface area contributed by atoms with Crippen molar-refractivity contribution in [3.8, 4) is 0 Å². The van der Waals surface area contributed by atoms with Crippen molar-refractivity contribution in [2.45, 2.75) is 18.5 Å². The maximum atomic E-state index is 12.2. The van der Waals surface area contributed by atoms with Gasteiger partial charge in [0.15, 0.2) is 0 Å². The Bertz CT molecular complexity index is 802. The highest BCUT2D eigenvalue weighted by Crippen LogP contribution is 2.64. The second kappa shape index (κ2) is 6.27. The van der Waals surface area contributed by atoms with Gasteiger partial charge in [-0.3, -0.25) is 9.80 Å². The Labute approximate surface area is 141 Å². The molecule has 0 aliphatic carbocycles. The molecule has 0 saturated carbocycles. The smallest absolute Gasteiger partial charge is 0.234 e. The summed E-state index contributed by atoms with van der Waals surface area (Å²) >= 11 is 0. The molecule has 5 nitrogen and oxygen atoms in total. The minimum atomic E-state index is -0.833. The summed E-state index contributed by atoms with van der Waals surface area (Å²) < 4.78 is 11.3. The summed E-state index contributed by atoms with van der Waals surface area (Å²) in [6.07, 6.45) is 3.31. The highest BCUT2D eigenvalue weighted by atomic mass is 31.1. The van der Waals surface area contributed by atoms with Crippen LogP contribution in [0, 0.1) is 0 Å². The van der Waals surface area contributed by atoms with Crippen LogP contribution in [0.3, 0.4) is 0 Å². The summed E-state index contributed by atoms with van der Waals surface area (Å²) in [6.45, 7) is 1.56. The number of amides is 1. The fourth-order valence-electron chi connectivity index (χ4n) is 3.03. The molecular weight excluding hydrogens is 323 g/mol. The topological polar surface area (TPSA) is 58.6 Å². The third-order valence-electron chi connectivity index (χ3n) is 4.05. The van der Waals surface area contributed by atoms with Crippen LogP contribution < -0.4 is 10.7 Å². The SMILES string of the molecule is CC(=O)N1NC(c2ccco2)P(c2ccccc2)C1c1ccco1. The summed E-state index contributed by atoms with van der Waals surface area (Å²) in [4.78, 5) is 12.2. The van der Waals surface area contributed by atoms with E-state index in [2.05, 4.69) is 17.6 Å². The van der Waals surface area contributed by atoms with E-state index in [1.54, 1.807) is 24.5 Å². The van der Waals surface area contributed by atoms with Gasteiger partial charge in [-0.1, -0.05) is 30.3 Å². The predicted octanol–water partition coefficient (Wildman–Crippen LogP) is 3.74. The van der Waals surface area contributed by atoms with Gasteiger partial charge in [0, 0.05) is 6.92 Å². The van der Waals surface area contributed by atoms with E-state index < -0.39 is 7.92 Å². The first kappa shape index (κ1) is 15.2. The Morgan fingerprint density at radius 2 is 1.67 bits per heavy atom. The fourth-order valence-corrected chi connectivity index (χ4v) is 5.98. The average Bonchev–Trinajstić information content (AvgIpc) is 3.33. The highest BCUT2D eigenvalue weighted by Gasteiger charge is 2.47. The Kier molecular flexibility index (Phi) is 3.97. The summed E-state index contributed by atoms with van der Waals surface area (Å²) in [5.74, 6) is 1.29. The predicted molar refractivity (Wildman–Crippen MR) is 91.5 cm³/mol. The number of benzene rings is 1. The number of hydrogen-bond donors (Lipinski definition) is 1. The first-order valence-electron chi connectivity index (χ1n) is 7.72. The van der Waals surface area contributed by atoms with Gasteiger partial charge in [0.05, 0.1) is 12.5 Å². The van der Waals surface area contributed by atoms with Crippen LogP contribution >= 0.6 is 7.92 Å². The molecule has 3 heterocycles. The van der Waals surface area contributed by atoms with E-state index in [1.807, 2.05) is 42.5 Å². The van der Waals surface area contributed by atoms with Crippen molar-refractivity contribution in [1.29, 1.82) is 0 Å². The Morgan fingerprint density at radius 3 is 2.25 bits per heavy atom. The zero-order valence-corrected chi connectivity index (χ0v) is 14.0. The lowest BCUT2D eigenvalue weighted by Crippen LogP contribution is -2.37. The molecule has 2 aromatic heterocycles. The molecule has 1 aliphatic heterocycles. The number of rotatable bonds is 3. The lowest BCUT2D eigenvalue weighted by atomic mass is 10.4. The van der Waals surface area contributed by atoms with Crippen molar-refractivity contribution in [3.63, 3.8) is 0 Å². The molecule has 1 saturated heterocycles. The largest absolute Gasteiger partial charge is 0.467 e. The zero-order chi connectivity index (χ0) is 16.5. The molecule has 1 fully saturated rings. The van der Waals surface area contributed by atoms with Crippen LogP contribution in [0.15, 0.2) is 76.0 Å². The van der Waals surface area contributed by atoms with E-state index >= 15 is 0 Å². The average molecular weight is 340 g/mol. The van der Waals surface area contributed by atoms with Crippen LogP contribution in [0.5, 0.6) is 0 Å². The minimum Gasteiger partial charge on any atom is -0.467 e. The number of nitrogens with zero attached hydrogens (tertiary/aromatic N) is 1. The molecule has 3 unspecified atom stereocenters. The van der Waals surface area contributed by atoms with Gasteiger partial charge in [-0.05, 0) is 37.5 Å². The Morgan fingerprint density at radius 1 is 1.00 bits per heavy atom. The molecule has 1 N–H and O–H groups in total. The molecule has 6 heteroatoms. The molecule has 1 aliphatic rings. The van der Waals surface area contributed by atoms with E-state index in [0.29, 0.717) is 0 Å². The van der Waals surface area contributed by atoms with Crippen molar-refractivity contribution < 1.29 is 13.6 Å². The molecule has 24 heavy (non-hydrogen) atoms. The van der Waals surface area contributed by atoms with Gasteiger partial charge < -0.3 is 8.83 Å². The van der Waals surface area contributed by atoms with Gasteiger partial charge in [-0.25, -0.2) is 5.43 Å². The number of hydrazine groups is 1. The maximum Gasteiger partial charge on any atom is 0.234 e. The van der Waals surface area contributed by atoms with Crippen molar-refractivity contribution in [3.05, 3.63) is 78.6 Å². The monoisotopic (exact) mass is 340 g/mol. The molecule has 4 rings (SSSR count). The fraction of sp³-hybridized carbons (Fsp3) is 0.167. The normalized spacial score (nSPS) is 23.5. The number of furan rings is 2. The number of hydrogen-bond acceptors (Lipinski definition) is 4. The van der Waals surface area contributed by atoms with Crippen LogP contribution in [-0.2, 0) is 4.79 Å². The molecule has 122 valence electrons. The van der Waals surface area contributed by atoms with Crippen LogP contribution in [0.2, 0.25) is 0 Å². The van der Waals surface area contributed by atoms with E-state index in [0.717, 1.165) is 11.5 Å². The number of nitrogens with one attached hydrogen (secondary N) is 1. The van der Waals surface area contributed by atoms with Crippen molar-refractivity contribution >= 4 is 19.1 Å². The second-order valence-corrected chi connectivity index (χ2v) is 7.90. The second-order valence-electron chi connectivity index (χ2n) is 5.57. The van der Waals surface area contributed by atoms with Crippen molar-refractivity contribution in [2.24, 2.45) is 0 Å². The van der Waals surface area contributed by atoms with E-state index in [1.165, 1.54) is 5.30 Å². The maximum absolute atomic E-state index is 12.2. The summed E-state index contributed by atoms with van der Waals surface area (Å²) in [5.41, 5.74) is 3.34.